The molecule has 0 atom stereocenters. The Morgan fingerprint density at radius 1 is 1.20 bits per heavy atom. The van der Waals surface area contributed by atoms with Gasteiger partial charge in [-0.15, -0.1) is 10.2 Å². The average Bonchev–Trinajstić information content (AvgIpc) is 2.88. The first-order chi connectivity index (χ1) is 9.74. The minimum Gasteiger partial charge on any atom is -0.343 e. The van der Waals surface area contributed by atoms with Crippen LogP contribution in [0.5, 0.6) is 0 Å². The van der Waals surface area contributed by atoms with Crippen LogP contribution in [0.1, 0.15) is 22.0 Å². The molecule has 20 heavy (non-hydrogen) atoms. The molecule has 0 bridgehead atoms. The second kappa shape index (κ2) is 5.08. The minimum atomic E-state index is -0.221. The zero-order valence-electron chi connectivity index (χ0n) is 10.9. The molecule has 0 aliphatic carbocycles. The van der Waals surface area contributed by atoms with E-state index in [-0.39, 0.29) is 5.91 Å². The van der Waals surface area contributed by atoms with Crippen LogP contribution in [0.15, 0.2) is 42.6 Å². The summed E-state index contributed by atoms with van der Waals surface area (Å²) in [6, 6.07) is 11.0. The highest BCUT2D eigenvalue weighted by atomic mass is 16.1. The highest BCUT2D eigenvalue weighted by Crippen LogP contribution is 2.03. The molecule has 0 spiro atoms. The normalized spacial score (nSPS) is 10.7. The van der Waals surface area contributed by atoms with Gasteiger partial charge in [-0.1, -0.05) is 12.1 Å². The molecule has 3 aromatic heterocycles. The first-order valence-electron chi connectivity index (χ1n) is 6.24. The van der Waals surface area contributed by atoms with Crippen molar-refractivity contribution >= 4 is 11.6 Å². The maximum Gasteiger partial charge on any atom is 0.270 e. The first kappa shape index (κ1) is 12.3. The SMILES string of the molecule is Cc1cccc(C(=O)NCc2nnc3ccccn23)n1. The van der Waals surface area contributed by atoms with E-state index in [1.165, 1.54) is 0 Å². The number of nitrogens with one attached hydrogen (secondary N) is 1. The first-order valence-corrected chi connectivity index (χ1v) is 6.24. The number of rotatable bonds is 3. The van der Waals surface area contributed by atoms with Crippen molar-refractivity contribution in [1.29, 1.82) is 0 Å². The van der Waals surface area contributed by atoms with Crippen molar-refractivity contribution in [3.05, 3.63) is 59.8 Å². The Labute approximate surface area is 115 Å². The van der Waals surface area contributed by atoms with E-state index < -0.39 is 0 Å². The van der Waals surface area contributed by atoms with E-state index in [2.05, 4.69) is 20.5 Å². The molecule has 0 aliphatic heterocycles. The third-order valence-electron chi connectivity index (χ3n) is 2.91. The number of carbonyl (C=O) groups is 1. The smallest absolute Gasteiger partial charge is 0.270 e. The summed E-state index contributed by atoms with van der Waals surface area (Å²) in [5.74, 6) is 0.461. The van der Waals surface area contributed by atoms with Gasteiger partial charge < -0.3 is 5.32 Å². The Bertz CT molecular complexity index is 765. The van der Waals surface area contributed by atoms with Gasteiger partial charge in [0.05, 0.1) is 6.54 Å². The molecule has 0 aliphatic rings. The molecule has 0 radical (unpaired) electrons. The zero-order chi connectivity index (χ0) is 13.9. The molecule has 1 N–H and O–H groups in total. The maximum absolute atomic E-state index is 12.0. The van der Waals surface area contributed by atoms with Gasteiger partial charge >= 0.3 is 0 Å². The summed E-state index contributed by atoms with van der Waals surface area (Å²) in [6.45, 7) is 2.16. The molecule has 3 aromatic rings. The lowest BCUT2D eigenvalue weighted by molar-refractivity contribution is 0.0944. The van der Waals surface area contributed by atoms with Gasteiger partial charge in [-0.3, -0.25) is 9.20 Å². The second-order valence-corrected chi connectivity index (χ2v) is 4.39. The van der Waals surface area contributed by atoms with Crippen molar-refractivity contribution in [3.8, 4) is 0 Å². The average molecular weight is 267 g/mol. The van der Waals surface area contributed by atoms with Gasteiger partial charge in [0.1, 0.15) is 5.69 Å². The molecule has 0 fully saturated rings. The minimum absolute atomic E-state index is 0.221. The summed E-state index contributed by atoms with van der Waals surface area (Å²) in [5, 5.41) is 10.9. The molecule has 6 heteroatoms. The third-order valence-corrected chi connectivity index (χ3v) is 2.91. The molecule has 0 unspecified atom stereocenters. The molecule has 1 amide bonds. The van der Waals surface area contributed by atoms with Crippen LogP contribution in [-0.2, 0) is 6.54 Å². The van der Waals surface area contributed by atoms with Crippen LogP contribution >= 0.6 is 0 Å². The highest BCUT2D eigenvalue weighted by molar-refractivity contribution is 5.92. The molecular formula is C14H13N5O. The summed E-state index contributed by atoms with van der Waals surface area (Å²) in [7, 11) is 0. The zero-order valence-corrected chi connectivity index (χ0v) is 10.9. The van der Waals surface area contributed by atoms with Gasteiger partial charge in [-0.25, -0.2) is 4.98 Å². The van der Waals surface area contributed by atoms with Crippen LogP contribution in [-0.4, -0.2) is 25.5 Å². The fourth-order valence-corrected chi connectivity index (χ4v) is 1.93. The maximum atomic E-state index is 12.0. The molecular weight excluding hydrogens is 254 g/mol. The number of pyridine rings is 2. The van der Waals surface area contributed by atoms with Crippen molar-refractivity contribution in [2.45, 2.75) is 13.5 Å². The van der Waals surface area contributed by atoms with Crippen LogP contribution < -0.4 is 5.32 Å². The lowest BCUT2D eigenvalue weighted by Gasteiger charge is -2.04. The standard InChI is InChI=1S/C14H13N5O/c1-10-5-4-6-11(16-10)14(20)15-9-13-18-17-12-7-2-3-8-19(12)13/h2-8H,9H2,1H3,(H,15,20). The summed E-state index contributed by atoms with van der Waals surface area (Å²) in [6.07, 6.45) is 1.86. The molecule has 100 valence electrons. The predicted octanol–water partition coefficient (Wildman–Crippen LogP) is 1.36. The summed E-state index contributed by atoms with van der Waals surface area (Å²) in [5.41, 5.74) is 1.97. The van der Waals surface area contributed by atoms with Gasteiger partial charge in [0, 0.05) is 11.9 Å². The number of fused-ring (bicyclic) bond motifs is 1. The van der Waals surface area contributed by atoms with E-state index in [1.807, 2.05) is 47.9 Å². The Hall–Kier alpha value is -2.76. The number of hydrogen-bond acceptors (Lipinski definition) is 4. The van der Waals surface area contributed by atoms with Crippen molar-refractivity contribution < 1.29 is 4.79 Å². The topological polar surface area (TPSA) is 72.2 Å². The van der Waals surface area contributed by atoms with E-state index in [1.54, 1.807) is 6.07 Å². The predicted molar refractivity (Wildman–Crippen MR) is 73.1 cm³/mol. The number of carbonyl (C=O) groups excluding carboxylic acids is 1. The Morgan fingerprint density at radius 2 is 2.10 bits per heavy atom. The van der Waals surface area contributed by atoms with E-state index in [9.17, 15) is 4.79 Å². The van der Waals surface area contributed by atoms with Crippen molar-refractivity contribution in [2.75, 3.05) is 0 Å². The summed E-state index contributed by atoms with van der Waals surface area (Å²) in [4.78, 5) is 16.2. The quantitative estimate of drug-likeness (QED) is 0.777. The summed E-state index contributed by atoms with van der Waals surface area (Å²) < 4.78 is 1.84. The second-order valence-electron chi connectivity index (χ2n) is 4.39. The van der Waals surface area contributed by atoms with Crippen LogP contribution in [0.2, 0.25) is 0 Å². The Morgan fingerprint density at radius 3 is 2.95 bits per heavy atom. The number of aromatic nitrogens is 4. The molecule has 0 saturated heterocycles. The van der Waals surface area contributed by atoms with Gasteiger partial charge in [-0.2, -0.15) is 0 Å². The molecule has 3 rings (SSSR count). The molecule has 3 heterocycles. The van der Waals surface area contributed by atoms with Crippen LogP contribution in [0.3, 0.4) is 0 Å². The largest absolute Gasteiger partial charge is 0.343 e. The van der Waals surface area contributed by atoms with Crippen LogP contribution in [0, 0.1) is 6.92 Å². The lowest BCUT2D eigenvalue weighted by atomic mass is 10.3. The fourth-order valence-electron chi connectivity index (χ4n) is 1.93. The molecule has 0 aromatic carbocycles. The number of nitrogens with zero attached hydrogens (tertiary/aromatic N) is 4. The van der Waals surface area contributed by atoms with Crippen molar-refractivity contribution in [1.82, 2.24) is 24.9 Å². The van der Waals surface area contributed by atoms with Crippen molar-refractivity contribution in [2.24, 2.45) is 0 Å². The van der Waals surface area contributed by atoms with Crippen LogP contribution in [0.25, 0.3) is 5.65 Å². The third kappa shape index (κ3) is 2.35. The molecule has 0 saturated carbocycles. The van der Waals surface area contributed by atoms with Crippen molar-refractivity contribution in [3.63, 3.8) is 0 Å². The number of aryl methyl sites for hydroxylation is 1. The van der Waals surface area contributed by atoms with Gasteiger partial charge in [0.2, 0.25) is 0 Å². The monoisotopic (exact) mass is 267 g/mol. The van der Waals surface area contributed by atoms with E-state index in [0.717, 1.165) is 11.3 Å². The molecule has 6 nitrogen and oxygen atoms in total. The number of amides is 1. The van der Waals surface area contributed by atoms with E-state index in [0.29, 0.717) is 18.1 Å². The summed E-state index contributed by atoms with van der Waals surface area (Å²) >= 11 is 0. The van der Waals surface area contributed by atoms with E-state index >= 15 is 0 Å². The fraction of sp³-hybridized carbons (Fsp3) is 0.143. The van der Waals surface area contributed by atoms with Gasteiger partial charge in [0.25, 0.3) is 5.91 Å². The Balaban J connectivity index is 1.75. The Kier molecular flexibility index (Phi) is 3.12. The van der Waals surface area contributed by atoms with Gasteiger partial charge in [0.15, 0.2) is 11.5 Å². The van der Waals surface area contributed by atoms with E-state index in [4.69, 9.17) is 0 Å². The highest BCUT2D eigenvalue weighted by Gasteiger charge is 2.09. The lowest BCUT2D eigenvalue weighted by Crippen LogP contribution is -2.25. The number of hydrogen-bond donors (Lipinski definition) is 1. The van der Waals surface area contributed by atoms with Gasteiger partial charge in [-0.05, 0) is 31.2 Å². The van der Waals surface area contributed by atoms with Crippen LogP contribution in [0.4, 0.5) is 0 Å².